The first-order chi connectivity index (χ1) is 10.7. The van der Waals surface area contributed by atoms with Crippen molar-refractivity contribution in [2.45, 2.75) is 19.3 Å². The van der Waals surface area contributed by atoms with Crippen molar-refractivity contribution in [1.82, 2.24) is 14.5 Å². The van der Waals surface area contributed by atoms with Crippen molar-refractivity contribution in [1.29, 1.82) is 0 Å². The minimum atomic E-state index is -4.41. The van der Waals surface area contributed by atoms with Crippen molar-refractivity contribution >= 4 is 17.5 Å². The van der Waals surface area contributed by atoms with Gasteiger partial charge in [0.15, 0.2) is 0 Å². The Morgan fingerprint density at radius 1 is 1.39 bits per heavy atom. The maximum Gasteiger partial charge on any atom is 0.406 e. The van der Waals surface area contributed by atoms with Crippen LogP contribution < -0.4 is 0 Å². The van der Waals surface area contributed by atoms with Crippen LogP contribution in [0.15, 0.2) is 30.6 Å². The van der Waals surface area contributed by atoms with E-state index in [0.29, 0.717) is 0 Å². The Kier molecular flexibility index (Phi) is 4.93. The second-order valence-corrected chi connectivity index (χ2v) is 5.31. The van der Waals surface area contributed by atoms with Crippen LogP contribution in [0.25, 0.3) is 0 Å². The Balaban J connectivity index is 2.16. The summed E-state index contributed by atoms with van der Waals surface area (Å²) in [6.45, 7) is -1.41. The van der Waals surface area contributed by atoms with Gasteiger partial charge < -0.3 is 9.47 Å². The molecule has 1 aromatic heterocycles. The van der Waals surface area contributed by atoms with Crippen LogP contribution >= 0.6 is 11.6 Å². The maximum absolute atomic E-state index is 13.7. The van der Waals surface area contributed by atoms with E-state index in [2.05, 4.69) is 4.98 Å². The summed E-state index contributed by atoms with van der Waals surface area (Å²) < 4.78 is 52.0. The molecule has 0 aliphatic rings. The molecular weight excluding hydrogens is 338 g/mol. The lowest BCUT2D eigenvalue weighted by Crippen LogP contribution is -2.29. The number of benzene rings is 1. The van der Waals surface area contributed by atoms with Gasteiger partial charge in [-0.1, -0.05) is 11.6 Å². The van der Waals surface area contributed by atoms with Crippen LogP contribution in [0.3, 0.4) is 0 Å². The predicted molar refractivity (Wildman–Crippen MR) is 75.5 cm³/mol. The molecule has 0 saturated carbocycles. The number of carbonyl (C=O) groups excluding carboxylic acids is 1. The van der Waals surface area contributed by atoms with Gasteiger partial charge in [0.2, 0.25) is 0 Å². The number of carbonyl (C=O) groups is 1. The van der Waals surface area contributed by atoms with Gasteiger partial charge in [0.05, 0.1) is 12.1 Å². The highest BCUT2D eigenvalue weighted by Crippen LogP contribution is 2.20. The third-order valence-electron chi connectivity index (χ3n) is 3.04. The van der Waals surface area contributed by atoms with Gasteiger partial charge in [-0.2, -0.15) is 13.2 Å². The van der Waals surface area contributed by atoms with Crippen molar-refractivity contribution in [2.75, 3.05) is 7.05 Å². The molecule has 23 heavy (non-hydrogen) atoms. The van der Waals surface area contributed by atoms with E-state index in [-0.39, 0.29) is 23.0 Å². The third-order valence-corrected chi connectivity index (χ3v) is 3.27. The summed E-state index contributed by atoms with van der Waals surface area (Å²) in [5, 5.41) is 0.182. The van der Waals surface area contributed by atoms with Crippen molar-refractivity contribution in [3.8, 4) is 0 Å². The quantitative estimate of drug-likeness (QED) is 0.792. The summed E-state index contributed by atoms with van der Waals surface area (Å²) in [4.78, 5) is 17.1. The summed E-state index contributed by atoms with van der Waals surface area (Å²) in [7, 11) is 1.34. The molecule has 0 radical (unpaired) electrons. The second-order valence-electron chi connectivity index (χ2n) is 4.87. The van der Waals surface area contributed by atoms with E-state index < -0.39 is 24.4 Å². The van der Waals surface area contributed by atoms with Crippen LogP contribution in [0.4, 0.5) is 17.6 Å². The minimum absolute atomic E-state index is 0.0422. The van der Waals surface area contributed by atoms with E-state index in [1.165, 1.54) is 25.5 Å². The molecule has 0 aliphatic carbocycles. The standard InChI is InChI=1S/C14H12ClF4N3O/c1-21(13(23)10-6-9(15)2-3-11(10)16)7-12-20-4-5-22(12)8-14(17,18)19/h2-6H,7-8H2,1H3. The number of rotatable bonds is 4. The van der Waals surface area contributed by atoms with Gasteiger partial charge in [-0.05, 0) is 18.2 Å². The van der Waals surface area contributed by atoms with Gasteiger partial charge in [0.25, 0.3) is 5.91 Å². The lowest BCUT2D eigenvalue weighted by molar-refractivity contribution is -0.141. The number of imidazole rings is 1. The predicted octanol–water partition coefficient (Wildman–Crippen LogP) is 3.51. The molecule has 0 aliphatic heterocycles. The van der Waals surface area contributed by atoms with Gasteiger partial charge in [-0.3, -0.25) is 4.79 Å². The lowest BCUT2D eigenvalue weighted by atomic mass is 10.2. The third kappa shape index (κ3) is 4.44. The van der Waals surface area contributed by atoms with Crippen molar-refractivity contribution in [3.05, 3.63) is 52.8 Å². The van der Waals surface area contributed by atoms with Crippen LogP contribution in [-0.4, -0.2) is 33.6 Å². The normalized spacial score (nSPS) is 11.6. The first kappa shape index (κ1) is 17.3. The highest BCUT2D eigenvalue weighted by molar-refractivity contribution is 6.30. The molecule has 2 aromatic rings. The monoisotopic (exact) mass is 349 g/mol. The average molecular weight is 350 g/mol. The molecule has 1 heterocycles. The second kappa shape index (κ2) is 6.57. The highest BCUT2D eigenvalue weighted by atomic mass is 35.5. The summed E-state index contributed by atoms with van der Waals surface area (Å²) in [6, 6.07) is 3.51. The molecule has 0 unspecified atom stereocenters. The number of hydrogen-bond donors (Lipinski definition) is 0. The van der Waals surface area contributed by atoms with Crippen LogP contribution in [0.5, 0.6) is 0 Å². The lowest BCUT2D eigenvalue weighted by Gasteiger charge is -2.18. The van der Waals surface area contributed by atoms with E-state index in [4.69, 9.17) is 11.6 Å². The molecule has 0 saturated heterocycles. The fourth-order valence-electron chi connectivity index (χ4n) is 1.98. The molecule has 4 nitrogen and oxygen atoms in total. The molecule has 0 N–H and O–H groups in total. The van der Waals surface area contributed by atoms with E-state index >= 15 is 0 Å². The molecular formula is C14H12ClF4N3O. The summed E-state index contributed by atoms with van der Waals surface area (Å²) in [5.41, 5.74) is -0.256. The van der Waals surface area contributed by atoms with Crippen LogP contribution in [-0.2, 0) is 13.1 Å². The Morgan fingerprint density at radius 2 is 2.09 bits per heavy atom. The van der Waals surface area contributed by atoms with Gasteiger partial charge in [0, 0.05) is 24.5 Å². The molecule has 2 rings (SSSR count). The summed E-state index contributed by atoms with van der Waals surface area (Å²) >= 11 is 5.73. The van der Waals surface area contributed by atoms with Gasteiger partial charge >= 0.3 is 6.18 Å². The largest absolute Gasteiger partial charge is 0.406 e. The van der Waals surface area contributed by atoms with E-state index in [1.54, 1.807) is 0 Å². The zero-order valence-electron chi connectivity index (χ0n) is 11.9. The topological polar surface area (TPSA) is 38.1 Å². The molecule has 0 fully saturated rings. The van der Waals surface area contributed by atoms with Crippen LogP contribution in [0, 0.1) is 5.82 Å². The highest BCUT2D eigenvalue weighted by Gasteiger charge is 2.29. The zero-order valence-corrected chi connectivity index (χ0v) is 12.7. The van der Waals surface area contributed by atoms with Crippen molar-refractivity contribution in [3.63, 3.8) is 0 Å². The van der Waals surface area contributed by atoms with E-state index in [9.17, 15) is 22.4 Å². The van der Waals surface area contributed by atoms with E-state index in [0.717, 1.165) is 21.6 Å². The molecule has 0 spiro atoms. The molecule has 124 valence electrons. The molecule has 0 atom stereocenters. The number of nitrogens with zero attached hydrogens (tertiary/aromatic N) is 3. The first-order valence-electron chi connectivity index (χ1n) is 6.44. The Labute approximate surface area is 134 Å². The molecule has 9 heteroatoms. The fraction of sp³-hybridized carbons (Fsp3) is 0.286. The SMILES string of the molecule is CN(Cc1nccn1CC(F)(F)F)C(=O)c1cc(Cl)ccc1F. The van der Waals surface area contributed by atoms with Crippen LogP contribution in [0.2, 0.25) is 5.02 Å². The number of aromatic nitrogens is 2. The first-order valence-corrected chi connectivity index (χ1v) is 6.82. The smallest absolute Gasteiger partial charge is 0.334 e. The van der Waals surface area contributed by atoms with Crippen molar-refractivity contribution in [2.24, 2.45) is 0 Å². The summed E-state index contributed by atoms with van der Waals surface area (Å²) in [6.07, 6.45) is -2.03. The Hall–Kier alpha value is -2.09. The zero-order chi connectivity index (χ0) is 17.2. The van der Waals surface area contributed by atoms with Gasteiger partial charge in [-0.25, -0.2) is 9.37 Å². The van der Waals surface area contributed by atoms with Crippen LogP contribution in [0.1, 0.15) is 16.2 Å². The number of alkyl halides is 3. The van der Waals surface area contributed by atoms with Crippen molar-refractivity contribution < 1.29 is 22.4 Å². The fourth-order valence-corrected chi connectivity index (χ4v) is 2.15. The number of hydrogen-bond acceptors (Lipinski definition) is 2. The van der Waals surface area contributed by atoms with E-state index in [1.807, 2.05) is 0 Å². The Morgan fingerprint density at radius 3 is 2.74 bits per heavy atom. The number of amides is 1. The summed E-state index contributed by atoms with van der Waals surface area (Å²) in [5.74, 6) is -1.42. The average Bonchev–Trinajstić information content (AvgIpc) is 2.85. The Bertz CT molecular complexity index is 714. The molecule has 1 amide bonds. The molecule has 1 aromatic carbocycles. The minimum Gasteiger partial charge on any atom is -0.334 e. The van der Waals surface area contributed by atoms with Gasteiger partial charge in [-0.15, -0.1) is 0 Å². The molecule has 0 bridgehead atoms. The van der Waals surface area contributed by atoms with Gasteiger partial charge in [0.1, 0.15) is 18.2 Å². The number of halogens is 5. The maximum atomic E-state index is 13.7.